The molecule has 3 N–H and O–H groups in total. The molecule has 0 aliphatic rings. The molecule has 1 amide bonds. The fourth-order valence-electron chi connectivity index (χ4n) is 1.76. The van der Waals surface area contributed by atoms with Crippen molar-refractivity contribution in [2.24, 2.45) is 16.1 Å². The molecule has 0 aliphatic carbocycles. The van der Waals surface area contributed by atoms with Crippen molar-refractivity contribution in [3.8, 4) is 0 Å². The Morgan fingerprint density at radius 1 is 1.36 bits per heavy atom. The van der Waals surface area contributed by atoms with E-state index < -0.39 is 5.41 Å². The van der Waals surface area contributed by atoms with E-state index >= 15 is 0 Å². The molecule has 0 aliphatic heterocycles. The van der Waals surface area contributed by atoms with Crippen molar-refractivity contribution < 1.29 is 4.79 Å². The van der Waals surface area contributed by atoms with Gasteiger partial charge in [-0.2, -0.15) is 0 Å². The van der Waals surface area contributed by atoms with Gasteiger partial charge in [0.1, 0.15) is 0 Å². The molecule has 5 nitrogen and oxygen atoms in total. The van der Waals surface area contributed by atoms with Crippen molar-refractivity contribution in [1.82, 2.24) is 10.2 Å². The van der Waals surface area contributed by atoms with Gasteiger partial charge in [0.25, 0.3) is 0 Å². The molecule has 0 heterocycles. The summed E-state index contributed by atoms with van der Waals surface area (Å²) in [6.45, 7) is 7.38. The summed E-state index contributed by atoms with van der Waals surface area (Å²) in [6.07, 6.45) is 0. The van der Waals surface area contributed by atoms with Gasteiger partial charge in [0.2, 0.25) is 5.91 Å². The van der Waals surface area contributed by atoms with Crippen LogP contribution < -0.4 is 11.1 Å². The number of hydrogen-bond acceptors (Lipinski definition) is 2. The molecule has 1 aromatic carbocycles. The highest BCUT2D eigenvalue weighted by atomic mass is 35.5. The van der Waals surface area contributed by atoms with Gasteiger partial charge in [0, 0.05) is 25.2 Å². The second-order valence-electron chi connectivity index (χ2n) is 5.90. The van der Waals surface area contributed by atoms with Crippen LogP contribution in [0.5, 0.6) is 0 Å². The SMILES string of the molecule is CCNC(=NCC(C)(C)C(N)=O)N(C)Cc1ccc(Cl)cc1. The highest BCUT2D eigenvalue weighted by Gasteiger charge is 2.24. The van der Waals surface area contributed by atoms with Crippen molar-refractivity contribution in [3.63, 3.8) is 0 Å². The van der Waals surface area contributed by atoms with E-state index in [-0.39, 0.29) is 5.91 Å². The van der Waals surface area contributed by atoms with Gasteiger partial charge in [-0.3, -0.25) is 9.79 Å². The smallest absolute Gasteiger partial charge is 0.224 e. The van der Waals surface area contributed by atoms with Crippen LogP contribution >= 0.6 is 11.6 Å². The number of benzene rings is 1. The van der Waals surface area contributed by atoms with Crippen molar-refractivity contribution in [2.45, 2.75) is 27.3 Å². The second-order valence-corrected chi connectivity index (χ2v) is 6.34. The molecular weight excluding hydrogens is 300 g/mol. The standard InChI is InChI=1S/C16H25ClN4O/c1-5-19-15(20-11-16(2,3)14(18)22)21(4)10-12-6-8-13(17)9-7-12/h6-9H,5,10-11H2,1-4H3,(H2,18,22)(H,19,20). The first kappa shape index (κ1) is 18.3. The fraction of sp³-hybridized carbons (Fsp3) is 0.500. The Balaban J connectivity index is 2.80. The van der Waals surface area contributed by atoms with Gasteiger partial charge in [-0.25, -0.2) is 0 Å². The number of guanidine groups is 1. The van der Waals surface area contributed by atoms with Crippen molar-refractivity contribution in [2.75, 3.05) is 20.1 Å². The zero-order valence-corrected chi connectivity index (χ0v) is 14.4. The minimum atomic E-state index is -0.665. The summed E-state index contributed by atoms with van der Waals surface area (Å²) >= 11 is 5.90. The quantitative estimate of drug-likeness (QED) is 0.623. The number of rotatable bonds is 6. The minimum Gasteiger partial charge on any atom is -0.369 e. The topological polar surface area (TPSA) is 70.7 Å². The first-order chi connectivity index (χ1) is 10.3. The van der Waals surface area contributed by atoms with Crippen LogP contribution in [-0.4, -0.2) is 36.9 Å². The number of hydrogen-bond donors (Lipinski definition) is 2. The zero-order valence-electron chi connectivity index (χ0n) is 13.7. The molecule has 0 atom stereocenters. The number of nitrogens with zero attached hydrogens (tertiary/aromatic N) is 2. The molecular formula is C16H25ClN4O. The number of aliphatic imine (C=N–C) groups is 1. The summed E-state index contributed by atoms with van der Waals surface area (Å²) in [4.78, 5) is 17.9. The molecule has 22 heavy (non-hydrogen) atoms. The average molecular weight is 325 g/mol. The van der Waals surface area contributed by atoms with E-state index in [4.69, 9.17) is 17.3 Å². The number of halogens is 1. The Bertz CT molecular complexity index is 525. The molecule has 0 saturated carbocycles. The van der Waals surface area contributed by atoms with E-state index in [1.165, 1.54) is 0 Å². The number of amides is 1. The summed E-state index contributed by atoms with van der Waals surface area (Å²) in [6, 6.07) is 7.70. The molecule has 0 radical (unpaired) electrons. The molecule has 1 rings (SSSR count). The zero-order chi connectivity index (χ0) is 16.8. The maximum atomic E-state index is 11.4. The van der Waals surface area contributed by atoms with Crippen LogP contribution in [-0.2, 0) is 11.3 Å². The predicted molar refractivity (Wildman–Crippen MR) is 91.9 cm³/mol. The lowest BCUT2D eigenvalue weighted by Gasteiger charge is -2.24. The second kappa shape index (κ2) is 8.03. The molecule has 0 saturated heterocycles. The molecule has 0 unspecified atom stereocenters. The monoisotopic (exact) mass is 324 g/mol. The van der Waals surface area contributed by atoms with Gasteiger partial charge >= 0.3 is 0 Å². The lowest BCUT2D eigenvalue weighted by atomic mass is 9.93. The third-order valence-electron chi connectivity index (χ3n) is 3.32. The summed E-state index contributed by atoms with van der Waals surface area (Å²) in [7, 11) is 1.95. The highest BCUT2D eigenvalue weighted by Crippen LogP contribution is 2.15. The number of carbonyl (C=O) groups excluding carboxylic acids is 1. The van der Waals surface area contributed by atoms with Gasteiger partial charge in [-0.1, -0.05) is 23.7 Å². The maximum absolute atomic E-state index is 11.4. The Labute approximate surface area is 137 Å². The minimum absolute atomic E-state index is 0.343. The average Bonchev–Trinajstić information content (AvgIpc) is 2.45. The number of nitrogens with two attached hydrogens (primary N) is 1. The first-order valence-corrected chi connectivity index (χ1v) is 7.68. The van der Waals surface area contributed by atoms with E-state index in [0.29, 0.717) is 13.1 Å². The number of carbonyl (C=O) groups is 1. The fourth-order valence-corrected chi connectivity index (χ4v) is 1.88. The van der Waals surface area contributed by atoms with E-state index in [0.717, 1.165) is 23.1 Å². The van der Waals surface area contributed by atoms with Gasteiger partial charge in [-0.15, -0.1) is 0 Å². The van der Waals surface area contributed by atoms with Gasteiger partial charge in [-0.05, 0) is 38.5 Å². The summed E-state index contributed by atoms with van der Waals surface area (Å²) in [5.41, 5.74) is 5.86. The van der Waals surface area contributed by atoms with E-state index in [2.05, 4.69) is 10.3 Å². The molecule has 1 aromatic rings. The third kappa shape index (κ3) is 5.56. The lowest BCUT2D eigenvalue weighted by Crippen LogP contribution is -2.40. The van der Waals surface area contributed by atoms with Crippen molar-refractivity contribution in [1.29, 1.82) is 0 Å². The summed E-state index contributed by atoms with van der Waals surface area (Å²) < 4.78 is 0. The van der Waals surface area contributed by atoms with E-state index in [1.807, 2.05) is 43.1 Å². The van der Waals surface area contributed by atoms with Crippen LogP contribution in [0.1, 0.15) is 26.3 Å². The van der Waals surface area contributed by atoms with E-state index in [9.17, 15) is 4.79 Å². The lowest BCUT2D eigenvalue weighted by molar-refractivity contribution is -0.125. The normalized spacial score (nSPS) is 12.1. The van der Waals surface area contributed by atoms with Crippen LogP contribution in [0, 0.1) is 5.41 Å². The first-order valence-electron chi connectivity index (χ1n) is 7.30. The highest BCUT2D eigenvalue weighted by molar-refractivity contribution is 6.30. The molecule has 0 spiro atoms. The Morgan fingerprint density at radius 2 is 1.95 bits per heavy atom. The Hall–Kier alpha value is -1.75. The van der Waals surface area contributed by atoms with Crippen LogP contribution in [0.2, 0.25) is 5.02 Å². The molecule has 122 valence electrons. The van der Waals surface area contributed by atoms with E-state index in [1.54, 1.807) is 13.8 Å². The van der Waals surface area contributed by atoms with Crippen molar-refractivity contribution in [3.05, 3.63) is 34.9 Å². The molecule has 0 aromatic heterocycles. The van der Waals surface area contributed by atoms with Crippen LogP contribution in [0.3, 0.4) is 0 Å². The van der Waals surface area contributed by atoms with Gasteiger partial charge in [0.05, 0.1) is 12.0 Å². The van der Waals surface area contributed by atoms with Crippen molar-refractivity contribution >= 4 is 23.5 Å². The van der Waals surface area contributed by atoms with Gasteiger partial charge < -0.3 is 16.0 Å². The third-order valence-corrected chi connectivity index (χ3v) is 3.57. The van der Waals surface area contributed by atoms with Crippen LogP contribution in [0.25, 0.3) is 0 Å². The predicted octanol–water partition coefficient (Wildman–Crippen LogP) is 2.25. The number of primary amides is 1. The Morgan fingerprint density at radius 3 is 2.45 bits per heavy atom. The molecule has 0 bridgehead atoms. The maximum Gasteiger partial charge on any atom is 0.224 e. The van der Waals surface area contributed by atoms with Crippen LogP contribution in [0.4, 0.5) is 0 Å². The Kier molecular flexibility index (Phi) is 6.68. The number of nitrogens with one attached hydrogen (secondary N) is 1. The molecule has 6 heteroatoms. The van der Waals surface area contributed by atoms with Gasteiger partial charge in [0.15, 0.2) is 5.96 Å². The van der Waals surface area contributed by atoms with Crippen LogP contribution in [0.15, 0.2) is 29.3 Å². The molecule has 0 fully saturated rings. The largest absolute Gasteiger partial charge is 0.369 e. The summed E-state index contributed by atoms with van der Waals surface area (Å²) in [5, 5.41) is 3.94. The summed E-state index contributed by atoms with van der Waals surface area (Å²) in [5.74, 6) is 0.388.